The third kappa shape index (κ3) is 4.78. The van der Waals surface area contributed by atoms with Gasteiger partial charge in [0.05, 0.1) is 6.54 Å². The molecule has 0 radical (unpaired) electrons. The van der Waals surface area contributed by atoms with Crippen LogP contribution in [0.25, 0.3) is 0 Å². The number of aliphatic hydroxyl groups is 1. The van der Waals surface area contributed by atoms with Crippen molar-refractivity contribution in [2.24, 2.45) is 5.92 Å². The summed E-state index contributed by atoms with van der Waals surface area (Å²) in [6, 6.07) is 0. The van der Waals surface area contributed by atoms with E-state index in [0.29, 0.717) is 6.54 Å². The van der Waals surface area contributed by atoms with Crippen LogP contribution < -0.4 is 10.6 Å². The number of amides is 1. The van der Waals surface area contributed by atoms with Crippen molar-refractivity contribution in [3.63, 3.8) is 0 Å². The average molecular weight is 204 g/mol. The molecule has 0 bridgehead atoms. The van der Waals surface area contributed by atoms with Gasteiger partial charge in [-0.2, -0.15) is 0 Å². The van der Waals surface area contributed by atoms with Gasteiger partial charge in [-0.05, 0) is 7.05 Å². The normalized spacial score (nSPS) is 14.5. The van der Waals surface area contributed by atoms with Crippen molar-refractivity contribution in [1.29, 1.82) is 0 Å². The summed E-state index contributed by atoms with van der Waals surface area (Å²) in [4.78, 5) is 21.4. The van der Waals surface area contributed by atoms with Gasteiger partial charge in [0.2, 0.25) is 5.91 Å². The molecule has 0 aromatic carbocycles. The van der Waals surface area contributed by atoms with E-state index < -0.39 is 12.1 Å². The minimum absolute atomic E-state index is 0.249. The smallest absolute Gasteiger partial charge is 0.334 e. The monoisotopic (exact) mass is 204 g/mol. The maximum atomic E-state index is 11.2. The molecule has 0 saturated carbocycles. The number of aliphatic carboxylic acids is 1. The first-order chi connectivity index (χ1) is 6.49. The van der Waals surface area contributed by atoms with Crippen molar-refractivity contribution < 1.29 is 19.8 Å². The summed E-state index contributed by atoms with van der Waals surface area (Å²) >= 11 is 0. The lowest BCUT2D eigenvalue weighted by molar-refractivity contribution is -0.146. The van der Waals surface area contributed by atoms with Crippen molar-refractivity contribution in [3.05, 3.63) is 0 Å². The number of carbonyl (C=O) groups is 2. The van der Waals surface area contributed by atoms with Crippen LogP contribution in [0.3, 0.4) is 0 Å². The van der Waals surface area contributed by atoms with Gasteiger partial charge in [0.15, 0.2) is 6.10 Å². The van der Waals surface area contributed by atoms with E-state index in [9.17, 15) is 9.59 Å². The minimum atomic E-state index is -1.54. The first-order valence-corrected chi connectivity index (χ1v) is 4.32. The molecule has 0 spiro atoms. The lowest BCUT2D eigenvalue weighted by Gasteiger charge is -2.12. The lowest BCUT2D eigenvalue weighted by atomic mass is 10.1. The van der Waals surface area contributed by atoms with Crippen LogP contribution in [0.15, 0.2) is 0 Å². The Hall–Kier alpha value is -1.14. The van der Waals surface area contributed by atoms with Crippen molar-refractivity contribution in [1.82, 2.24) is 10.6 Å². The number of nitrogens with one attached hydrogen (secondary N) is 2. The number of aliphatic hydroxyl groups excluding tert-OH is 1. The molecule has 6 heteroatoms. The summed E-state index contributed by atoms with van der Waals surface area (Å²) in [7, 11) is 1.72. The largest absolute Gasteiger partial charge is 0.479 e. The molecule has 0 rings (SSSR count). The van der Waals surface area contributed by atoms with E-state index in [0.717, 1.165) is 0 Å². The van der Waals surface area contributed by atoms with Crippen LogP contribution in [-0.4, -0.2) is 48.3 Å². The molecule has 1 unspecified atom stereocenters. The van der Waals surface area contributed by atoms with Gasteiger partial charge in [0.25, 0.3) is 0 Å². The van der Waals surface area contributed by atoms with Crippen LogP contribution in [0.4, 0.5) is 0 Å². The molecule has 4 N–H and O–H groups in total. The quantitative estimate of drug-likeness (QED) is 0.418. The Morgan fingerprint density at radius 1 is 1.36 bits per heavy atom. The molecule has 82 valence electrons. The van der Waals surface area contributed by atoms with Crippen molar-refractivity contribution in [2.45, 2.75) is 13.0 Å². The fourth-order valence-corrected chi connectivity index (χ4v) is 0.858. The second-order valence-corrected chi connectivity index (χ2v) is 3.06. The minimum Gasteiger partial charge on any atom is -0.479 e. The standard InChI is InChI=1S/C8H16N2O4/c1-5(3-9-2)7(12)10-4-6(11)8(13)14/h5-6,9,11H,3-4H2,1-2H3,(H,10,12)(H,13,14)/t5?,6-/m0/s1. The molecule has 0 heterocycles. The molecule has 0 aromatic rings. The molecule has 14 heavy (non-hydrogen) atoms. The maximum Gasteiger partial charge on any atom is 0.334 e. The van der Waals surface area contributed by atoms with Gasteiger partial charge in [-0.25, -0.2) is 4.79 Å². The van der Waals surface area contributed by atoms with E-state index in [4.69, 9.17) is 10.2 Å². The summed E-state index contributed by atoms with van der Waals surface area (Å²) in [6.07, 6.45) is -1.54. The molecule has 6 nitrogen and oxygen atoms in total. The summed E-state index contributed by atoms with van der Waals surface area (Å²) in [6.45, 7) is 1.95. The van der Waals surface area contributed by atoms with Crippen molar-refractivity contribution in [3.8, 4) is 0 Å². The Bertz CT molecular complexity index is 208. The van der Waals surface area contributed by atoms with Gasteiger partial charge in [-0.15, -0.1) is 0 Å². The maximum absolute atomic E-state index is 11.2. The Kier molecular flexibility index (Phi) is 5.82. The van der Waals surface area contributed by atoms with Crippen LogP contribution in [-0.2, 0) is 9.59 Å². The van der Waals surface area contributed by atoms with E-state index in [1.54, 1.807) is 14.0 Å². The number of carboxylic acid groups (broad SMARTS) is 1. The summed E-state index contributed by atoms with van der Waals surface area (Å²) in [5.74, 6) is -1.87. The Morgan fingerprint density at radius 2 is 1.93 bits per heavy atom. The lowest BCUT2D eigenvalue weighted by Crippen LogP contribution is -2.40. The number of carbonyl (C=O) groups excluding carboxylic acids is 1. The zero-order valence-electron chi connectivity index (χ0n) is 8.28. The highest BCUT2D eigenvalue weighted by atomic mass is 16.4. The summed E-state index contributed by atoms with van der Waals surface area (Å²) < 4.78 is 0. The molecule has 2 atom stereocenters. The van der Waals surface area contributed by atoms with Crippen LogP contribution >= 0.6 is 0 Å². The topological polar surface area (TPSA) is 98.7 Å². The van der Waals surface area contributed by atoms with Gasteiger partial charge in [-0.3, -0.25) is 4.79 Å². The Labute approximate surface area is 82.3 Å². The van der Waals surface area contributed by atoms with Gasteiger partial charge in [0.1, 0.15) is 0 Å². The van der Waals surface area contributed by atoms with Crippen molar-refractivity contribution >= 4 is 11.9 Å². The van der Waals surface area contributed by atoms with Crippen LogP contribution in [0.2, 0.25) is 0 Å². The molecule has 0 fully saturated rings. The fraction of sp³-hybridized carbons (Fsp3) is 0.750. The predicted molar refractivity (Wildman–Crippen MR) is 49.7 cm³/mol. The molecular weight excluding hydrogens is 188 g/mol. The third-order valence-corrected chi connectivity index (χ3v) is 1.71. The van der Waals surface area contributed by atoms with E-state index in [1.807, 2.05) is 0 Å². The number of carboxylic acids is 1. The van der Waals surface area contributed by atoms with Crippen molar-refractivity contribution in [2.75, 3.05) is 20.1 Å². The highest BCUT2D eigenvalue weighted by Gasteiger charge is 2.16. The van der Waals surface area contributed by atoms with E-state index in [-0.39, 0.29) is 18.4 Å². The number of rotatable bonds is 6. The van der Waals surface area contributed by atoms with E-state index >= 15 is 0 Å². The SMILES string of the molecule is CNCC(C)C(=O)NC[C@H](O)C(=O)O. The Balaban J connectivity index is 3.78. The molecule has 0 aromatic heterocycles. The molecule has 0 saturated heterocycles. The zero-order valence-corrected chi connectivity index (χ0v) is 8.28. The van der Waals surface area contributed by atoms with Crippen LogP contribution in [0.1, 0.15) is 6.92 Å². The molecule has 0 aliphatic carbocycles. The Morgan fingerprint density at radius 3 is 2.36 bits per heavy atom. The average Bonchev–Trinajstić information content (AvgIpc) is 2.13. The number of hydrogen-bond donors (Lipinski definition) is 4. The first kappa shape index (κ1) is 12.9. The number of hydrogen-bond acceptors (Lipinski definition) is 4. The highest BCUT2D eigenvalue weighted by Crippen LogP contribution is 1.92. The summed E-state index contributed by atoms with van der Waals surface area (Å²) in [5, 5.41) is 22.3. The molecular formula is C8H16N2O4. The highest BCUT2D eigenvalue weighted by molar-refractivity contribution is 5.79. The predicted octanol–water partition coefficient (Wildman–Crippen LogP) is -1.60. The van der Waals surface area contributed by atoms with Crippen LogP contribution in [0, 0.1) is 5.92 Å². The molecule has 0 aliphatic heterocycles. The van der Waals surface area contributed by atoms with Crippen LogP contribution in [0.5, 0.6) is 0 Å². The first-order valence-electron chi connectivity index (χ1n) is 4.32. The van der Waals surface area contributed by atoms with E-state index in [2.05, 4.69) is 10.6 Å². The third-order valence-electron chi connectivity index (χ3n) is 1.71. The van der Waals surface area contributed by atoms with Gasteiger partial charge in [-0.1, -0.05) is 6.92 Å². The van der Waals surface area contributed by atoms with Gasteiger partial charge >= 0.3 is 5.97 Å². The molecule has 0 aliphatic rings. The second-order valence-electron chi connectivity index (χ2n) is 3.06. The molecule has 1 amide bonds. The second kappa shape index (κ2) is 6.33. The van der Waals surface area contributed by atoms with E-state index in [1.165, 1.54) is 0 Å². The van der Waals surface area contributed by atoms with Gasteiger partial charge < -0.3 is 20.8 Å². The summed E-state index contributed by atoms with van der Waals surface area (Å²) in [5.41, 5.74) is 0. The fourth-order valence-electron chi connectivity index (χ4n) is 0.858. The zero-order chi connectivity index (χ0) is 11.1. The van der Waals surface area contributed by atoms with Gasteiger partial charge in [0, 0.05) is 12.5 Å².